The van der Waals surface area contributed by atoms with Gasteiger partial charge in [-0.25, -0.2) is 4.79 Å². The maximum atomic E-state index is 12.8. The molecule has 2 N–H and O–H groups in total. The standard InChI is InChI=1S/C30H31N5O4S/c1-4-35-28(18-23(20-31)30(38)39-5-2)40-26(29(35)37)14-16-32-24-12-9-13-25(19-24)33-27(36)21-34(3)17-15-22-10-7-6-8-11-22/h6-13,16,19,32H,4-5,15,17,21H2,1-3H3,(H,33,36). The van der Waals surface area contributed by atoms with E-state index in [-0.39, 0.29) is 34.7 Å². The number of aromatic nitrogens is 1. The summed E-state index contributed by atoms with van der Waals surface area (Å²) >= 11 is 1.06. The van der Waals surface area contributed by atoms with E-state index >= 15 is 0 Å². The van der Waals surface area contributed by atoms with E-state index in [4.69, 9.17) is 4.74 Å². The first-order chi connectivity index (χ1) is 19.3. The van der Waals surface area contributed by atoms with Gasteiger partial charge in [0.2, 0.25) is 5.91 Å². The molecule has 206 valence electrons. The molecule has 0 aliphatic carbocycles. The lowest BCUT2D eigenvalue weighted by Crippen LogP contribution is -2.31. The fourth-order valence-corrected chi connectivity index (χ4v) is 4.66. The molecule has 3 aromatic rings. The molecule has 3 rings (SSSR count). The number of thiazole rings is 1. The summed E-state index contributed by atoms with van der Waals surface area (Å²) < 4.78 is 6.88. The number of hydrogen-bond acceptors (Lipinski definition) is 8. The van der Waals surface area contributed by atoms with Crippen molar-refractivity contribution in [3.8, 4) is 6.07 Å². The van der Waals surface area contributed by atoms with Crippen LogP contribution in [0.25, 0.3) is 11.5 Å². The van der Waals surface area contributed by atoms with Crippen LogP contribution in [0.2, 0.25) is 0 Å². The second-order valence-electron chi connectivity index (χ2n) is 8.65. The maximum Gasteiger partial charge on any atom is 0.357 e. The molecule has 1 amide bonds. The molecule has 1 heterocycles. The van der Waals surface area contributed by atoms with Gasteiger partial charge < -0.3 is 15.4 Å². The summed E-state index contributed by atoms with van der Waals surface area (Å²) in [7, 11) is 1.91. The lowest BCUT2D eigenvalue weighted by atomic mass is 10.1. The van der Waals surface area contributed by atoms with Crippen LogP contribution in [-0.2, 0) is 27.3 Å². The van der Waals surface area contributed by atoms with Gasteiger partial charge in [0.05, 0.1) is 13.2 Å². The third-order valence-electron chi connectivity index (χ3n) is 5.65. The normalized spacial score (nSPS) is 10.2. The highest BCUT2D eigenvalue weighted by Gasteiger charge is 2.10. The molecule has 40 heavy (non-hydrogen) atoms. The van der Waals surface area contributed by atoms with Crippen LogP contribution >= 0.6 is 11.3 Å². The van der Waals surface area contributed by atoms with Gasteiger partial charge in [-0.15, -0.1) is 0 Å². The van der Waals surface area contributed by atoms with Crippen LogP contribution in [0.5, 0.6) is 0 Å². The van der Waals surface area contributed by atoms with Crippen molar-refractivity contribution in [3.63, 3.8) is 0 Å². The zero-order valence-corrected chi connectivity index (χ0v) is 23.5. The van der Waals surface area contributed by atoms with Crippen LogP contribution in [0.4, 0.5) is 11.4 Å². The molecule has 0 spiro atoms. The van der Waals surface area contributed by atoms with E-state index < -0.39 is 5.97 Å². The molecule has 10 heteroatoms. The number of esters is 1. The molecular formula is C30H31N5O4S. The Morgan fingerprint density at radius 2 is 1.88 bits per heavy atom. The van der Waals surface area contributed by atoms with Crippen LogP contribution in [0, 0.1) is 11.3 Å². The fraction of sp³-hybridized carbons (Fsp3) is 0.267. The number of nitrogens with one attached hydrogen (secondary N) is 2. The average molecular weight is 558 g/mol. The second-order valence-corrected chi connectivity index (χ2v) is 9.65. The van der Waals surface area contributed by atoms with Crippen LogP contribution < -0.4 is 25.4 Å². The monoisotopic (exact) mass is 557 g/mol. The van der Waals surface area contributed by atoms with Gasteiger partial charge in [0.1, 0.15) is 15.3 Å². The van der Waals surface area contributed by atoms with Gasteiger partial charge >= 0.3 is 5.97 Å². The summed E-state index contributed by atoms with van der Waals surface area (Å²) in [4.78, 5) is 39.2. The zero-order chi connectivity index (χ0) is 28.9. The third kappa shape index (κ3) is 8.70. The highest BCUT2D eigenvalue weighted by Crippen LogP contribution is 2.15. The zero-order valence-electron chi connectivity index (χ0n) is 22.7. The Hall–Kier alpha value is -4.64. The van der Waals surface area contributed by atoms with Crippen molar-refractivity contribution >= 4 is 46.1 Å². The van der Waals surface area contributed by atoms with Gasteiger partial charge in [-0.2, -0.15) is 5.26 Å². The average Bonchev–Trinajstić information content (AvgIpc) is 3.24. The largest absolute Gasteiger partial charge is 0.461 e. The number of nitriles is 1. The van der Waals surface area contributed by atoms with Crippen molar-refractivity contribution in [1.82, 2.24) is 9.47 Å². The summed E-state index contributed by atoms with van der Waals surface area (Å²) in [6.07, 6.45) is 2.36. The Morgan fingerprint density at radius 3 is 2.58 bits per heavy atom. The number of rotatable bonds is 11. The van der Waals surface area contributed by atoms with Gasteiger partial charge in [-0.1, -0.05) is 59.2 Å². The van der Waals surface area contributed by atoms with Crippen molar-refractivity contribution < 1.29 is 14.3 Å². The molecular weight excluding hydrogens is 526 g/mol. The van der Waals surface area contributed by atoms with Gasteiger partial charge in [0.15, 0.2) is 5.57 Å². The Balaban J connectivity index is 1.71. The predicted molar refractivity (Wildman–Crippen MR) is 157 cm³/mol. The Labute approximate surface area is 236 Å². The lowest BCUT2D eigenvalue weighted by Gasteiger charge is -2.16. The Kier molecular flexibility index (Phi) is 11.3. The SMILES string of the molecule is CCOC(=O)C(=C=c1sc(=C=CNc2cccc(NC(=O)CN(C)CCc3ccccc3)c2)c(=O)n1CC)C#N. The molecule has 0 aliphatic heterocycles. The highest BCUT2D eigenvalue weighted by molar-refractivity contribution is 7.07. The number of ether oxygens (including phenoxy) is 1. The van der Waals surface area contributed by atoms with E-state index in [2.05, 4.69) is 34.2 Å². The first-order valence-corrected chi connectivity index (χ1v) is 13.6. The molecule has 0 unspecified atom stereocenters. The number of hydrogen-bond donors (Lipinski definition) is 2. The van der Waals surface area contributed by atoms with Gasteiger partial charge in [0.25, 0.3) is 5.56 Å². The Bertz CT molecular complexity index is 1640. The molecule has 0 aliphatic rings. The molecule has 9 nitrogen and oxygen atoms in total. The van der Waals surface area contributed by atoms with Crippen molar-refractivity contribution in [1.29, 1.82) is 5.26 Å². The minimum atomic E-state index is -0.790. The van der Waals surface area contributed by atoms with Gasteiger partial charge in [-0.05, 0) is 51.1 Å². The molecule has 0 saturated carbocycles. The van der Waals surface area contributed by atoms with Crippen molar-refractivity contribution in [2.24, 2.45) is 0 Å². The number of carbonyl (C=O) groups excluding carboxylic acids is 2. The maximum absolute atomic E-state index is 12.8. The van der Waals surface area contributed by atoms with Crippen LogP contribution in [0.15, 0.2) is 71.2 Å². The van der Waals surface area contributed by atoms with Crippen LogP contribution in [0.3, 0.4) is 0 Å². The first-order valence-electron chi connectivity index (χ1n) is 12.8. The predicted octanol–water partition coefficient (Wildman–Crippen LogP) is 2.44. The van der Waals surface area contributed by atoms with Crippen molar-refractivity contribution in [3.05, 3.63) is 91.5 Å². The number of nitrogens with zero attached hydrogens (tertiary/aromatic N) is 3. The van der Waals surface area contributed by atoms with Gasteiger partial charge in [0, 0.05) is 30.7 Å². The number of likely N-dealkylation sites (N-methyl/N-ethyl adjacent to an activating group) is 1. The number of carbonyl (C=O) groups is 2. The fourth-order valence-electron chi connectivity index (χ4n) is 3.68. The molecule has 0 fully saturated rings. The number of amides is 1. The molecule has 0 saturated heterocycles. The van der Waals surface area contributed by atoms with E-state index in [1.165, 1.54) is 16.3 Å². The molecule has 0 atom stereocenters. The summed E-state index contributed by atoms with van der Waals surface area (Å²) in [5, 5.41) is 15.2. The quantitative estimate of drug-likeness (QED) is 0.211. The van der Waals surface area contributed by atoms with Crippen LogP contribution in [-0.4, -0.2) is 48.1 Å². The van der Waals surface area contributed by atoms with E-state index in [1.807, 2.05) is 36.2 Å². The minimum absolute atomic E-state index is 0.120. The molecule has 1 aromatic heterocycles. The summed E-state index contributed by atoms with van der Waals surface area (Å²) in [5.41, 5.74) is 7.56. The lowest BCUT2D eigenvalue weighted by molar-refractivity contribution is -0.137. The van der Waals surface area contributed by atoms with Crippen molar-refractivity contribution in [2.75, 3.05) is 37.4 Å². The van der Waals surface area contributed by atoms with E-state index in [0.717, 1.165) is 24.3 Å². The first kappa shape index (κ1) is 29.9. The number of anilines is 2. The minimum Gasteiger partial charge on any atom is -0.461 e. The molecule has 2 aromatic carbocycles. The van der Waals surface area contributed by atoms with Crippen molar-refractivity contribution in [2.45, 2.75) is 26.8 Å². The molecule has 0 radical (unpaired) electrons. The van der Waals surface area contributed by atoms with E-state index in [0.29, 0.717) is 22.6 Å². The third-order valence-corrected chi connectivity index (χ3v) is 6.66. The highest BCUT2D eigenvalue weighted by atomic mass is 32.1. The summed E-state index contributed by atoms with van der Waals surface area (Å²) in [5.74, 6) is -0.910. The smallest absolute Gasteiger partial charge is 0.357 e. The number of benzene rings is 2. The summed E-state index contributed by atoms with van der Waals surface area (Å²) in [6, 6.07) is 19.1. The topological polar surface area (TPSA) is 116 Å². The van der Waals surface area contributed by atoms with Gasteiger partial charge in [-0.3, -0.25) is 19.1 Å². The summed E-state index contributed by atoms with van der Waals surface area (Å²) in [6.45, 7) is 4.90. The Morgan fingerprint density at radius 1 is 1.12 bits per heavy atom. The second kappa shape index (κ2) is 15.1. The van der Waals surface area contributed by atoms with Crippen LogP contribution in [0.1, 0.15) is 19.4 Å². The van der Waals surface area contributed by atoms with E-state index in [9.17, 15) is 19.6 Å². The van der Waals surface area contributed by atoms with E-state index in [1.54, 1.807) is 38.1 Å². The molecule has 0 bridgehead atoms.